The standard InChI is InChI=1S/C7H6ClN3O3/c8-14-7(12)5-6(9)11-4-2-13-1-3(4)10-5/h1-2H2,(H2,9,11). The van der Waals surface area contributed by atoms with E-state index in [4.69, 9.17) is 22.3 Å². The molecular formula is C7H6ClN3O3. The Bertz CT molecular complexity index is 396. The molecule has 1 aromatic heterocycles. The summed E-state index contributed by atoms with van der Waals surface area (Å²) >= 11 is 4.91. The summed E-state index contributed by atoms with van der Waals surface area (Å²) in [6.07, 6.45) is 0. The summed E-state index contributed by atoms with van der Waals surface area (Å²) in [4.78, 5) is 19.0. The number of nitrogens with two attached hydrogens (primary N) is 1. The predicted octanol–water partition coefficient (Wildman–Crippen LogP) is 0.400. The lowest BCUT2D eigenvalue weighted by Gasteiger charge is -2.02. The first-order valence-electron chi connectivity index (χ1n) is 3.78. The molecule has 0 aliphatic carbocycles. The van der Waals surface area contributed by atoms with Crippen molar-refractivity contribution >= 4 is 23.7 Å². The molecule has 1 aliphatic heterocycles. The summed E-state index contributed by atoms with van der Waals surface area (Å²) < 4.78 is 9.06. The highest BCUT2D eigenvalue weighted by atomic mass is 35.5. The maximum atomic E-state index is 11.1. The van der Waals surface area contributed by atoms with Gasteiger partial charge in [-0.15, -0.1) is 0 Å². The van der Waals surface area contributed by atoms with E-state index in [-0.39, 0.29) is 11.5 Å². The number of ether oxygens (including phenoxy) is 1. The molecule has 0 bridgehead atoms. The van der Waals surface area contributed by atoms with Gasteiger partial charge in [0.2, 0.25) is 0 Å². The number of carbonyl (C=O) groups is 1. The van der Waals surface area contributed by atoms with Gasteiger partial charge >= 0.3 is 5.97 Å². The molecule has 6 nitrogen and oxygen atoms in total. The average molecular weight is 216 g/mol. The zero-order chi connectivity index (χ0) is 10.1. The largest absolute Gasteiger partial charge is 0.382 e. The Balaban J connectivity index is 2.47. The first-order valence-corrected chi connectivity index (χ1v) is 4.09. The van der Waals surface area contributed by atoms with Gasteiger partial charge in [-0.05, 0) is 0 Å². The van der Waals surface area contributed by atoms with E-state index in [2.05, 4.69) is 14.3 Å². The van der Waals surface area contributed by atoms with Crippen molar-refractivity contribution in [3.8, 4) is 0 Å². The third kappa shape index (κ3) is 1.38. The Morgan fingerprint density at radius 1 is 1.43 bits per heavy atom. The second-order valence-electron chi connectivity index (χ2n) is 2.71. The van der Waals surface area contributed by atoms with E-state index in [9.17, 15) is 4.79 Å². The lowest BCUT2D eigenvalue weighted by Crippen LogP contribution is -2.11. The van der Waals surface area contributed by atoms with E-state index in [0.29, 0.717) is 24.6 Å². The quantitative estimate of drug-likeness (QED) is 0.730. The number of nitrogen functional groups attached to an aromatic ring is 1. The highest BCUT2D eigenvalue weighted by molar-refractivity contribution is 6.16. The molecule has 0 aromatic carbocycles. The molecule has 0 amide bonds. The van der Waals surface area contributed by atoms with Crippen molar-refractivity contribution in [2.45, 2.75) is 13.2 Å². The third-order valence-electron chi connectivity index (χ3n) is 1.82. The van der Waals surface area contributed by atoms with E-state index >= 15 is 0 Å². The van der Waals surface area contributed by atoms with Gasteiger partial charge in [-0.3, -0.25) is 0 Å². The molecule has 14 heavy (non-hydrogen) atoms. The maximum Gasteiger partial charge on any atom is 0.378 e. The third-order valence-corrected chi connectivity index (χ3v) is 1.96. The summed E-state index contributed by atoms with van der Waals surface area (Å²) in [6, 6.07) is 0. The minimum Gasteiger partial charge on any atom is -0.382 e. The molecule has 1 aliphatic rings. The van der Waals surface area contributed by atoms with Gasteiger partial charge < -0.3 is 14.8 Å². The van der Waals surface area contributed by atoms with Gasteiger partial charge in [0.05, 0.1) is 24.6 Å². The minimum atomic E-state index is -0.814. The summed E-state index contributed by atoms with van der Waals surface area (Å²) in [5.74, 6) is -0.814. The van der Waals surface area contributed by atoms with Crippen molar-refractivity contribution in [2.24, 2.45) is 0 Å². The van der Waals surface area contributed by atoms with Crippen LogP contribution in [-0.2, 0) is 22.2 Å². The molecule has 1 aromatic rings. The van der Waals surface area contributed by atoms with Crippen LogP contribution >= 0.6 is 11.9 Å². The number of carbonyl (C=O) groups excluding carboxylic acids is 1. The van der Waals surface area contributed by atoms with Crippen LogP contribution in [0.2, 0.25) is 0 Å². The number of nitrogens with zero attached hydrogens (tertiary/aromatic N) is 2. The van der Waals surface area contributed by atoms with Crippen molar-refractivity contribution in [1.82, 2.24) is 9.97 Å². The number of hydrogen-bond donors (Lipinski definition) is 1. The van der Waals surface area contributed by atoms with Crippen LogP contribution in [0.5, 0.6) is 0 Å². The van der Waals surface area contributed by atoms with E-state index in [1.165, 1.54) is 0 Å². The molecule has 7 heteroatoms. The second kappa shape index (κ2) is 3.39. The monoisotopic (exact) mass is 215 g/mol. The average Bonchev–Trinajstić information content (AvgIpc) is 2.62. The maximum absolute atomic E-state index is 11.1. The van der Waals surface area contributed by atoms with Crippen LogP contribution < -0.4 is 5.73 Å². The summed E-state index contributed by atoms with van der Waals surface area (Å²) in [7, 11) is 0. The first-order chi connectivity index (χ1) is 6.72. The Morgan fingerprint density at radius 3 is 2.71 bits per heavy atom. The van der Waals surface area contributed by atoms with Crippen molar-refractivity contribution in [2.75, 3.05) is 5.73 Å². The van der Waals surface area contributed by atoms with Gasteiger partial charge in [-0.1, -0.05) is 0 Å². The molecule has 0 radical (unpaired) electrons. The molecule has 2 N–H and O–H groups in total. The van der Waals surface area contributed by atoms with Crippen LogP contribution in [-0.4, -0.2) is 15.9 Å². The van der Waals surface area contributed by atoms with Crippen LogP contribution in [0, 0.1) is 0 Å². The van der Waals surface area contributed by atoms with Crippen molar-refractivity contribution in [1.29, 1.82) is 0 Å². The first kappa shape index (κ1) is 9.17. The molecule has 74 valence electrons. The summed E-state index contributed by atoms with van der Waals surface area (Å²) in [6.45, 7) is 0.688. The number of hydrogen-bond acceptors (Lipinski definition) is 6. The molecular weight excluding hydrogens is 210 g/mol. The highest BCUT2D eigenvalue weighted by Gasteiger charge is 2.21. The second-order valence-corrected chi connectivity index (χ2v) is 2.86. The topological polar surface area (TPSA) is 87.3 Å². The van der Waals surface area contributed by atoms with E-state index < -0.39 is 5.97 Å². The van der Waals surface area contributed by atoms with Gasteiger partial charge in [-0.25, -0.2) is 14.8 Å². The zero-order valence-corrected chi connectivity index (χ0v) is 7.74. The Morgan fingerprint density at radius 2 is 2.07 bits per heavy atom. The molecule has 0 saturated heterocycles. The molecule has 0 saturated carbocycles. The SMILES string of the molecule is Nc1nc2c(nc1C(=O)OCl)COC2. The van der Waals surface area contributed by atoms with Gasteiger partial charge in [0.1, 0.15) is 11.9 Å². The van der Waals surface area contributed by atoms with Gasteiger partial charge in [-0.2, -0.15) is 0 Å². The fraction of sp³-hybridized carbons (Fsp3) is 0.286. The van der Waals surface area contributed by atoms with Gasteiger partial charge in [0.25, 0.3) is 0 Å². The number of fused-ring (bicyclic) bond motifs is 1. The van der Waals surface area contributed by atoms with Gasteiger partial charge in [0.15, 0.2) is 11.5 Å². The highest BCUT2D eigenvalue weighted by Crippen LogP contribution is 2.19. The van der Waals surface area contributed by atoms with E-state index in [1.54, 1.807) is 0 Å². The fourth-order valence-corrected chi connectivity index (χ4v) is 1.26. The smallest absolute Gasteiger partial charge is 0.378 e. The van der Waals surface area contributed by atoms with Crippen molar-refractivity contribution < 1.29 is 13.8 Å². The lowest BCUT2D eigenvalue weighted by atomic mass is 10.3. The molecule has 2 rings (SSSR count). The van der Waals surface area contributed by atoms with Crippen LogP contribution in [0.1, 0.15) is 21.9 Å². The molecule has 0 unspecified atom stereocenters. The summed E-state index contributed by atoms with van der Waals surface area (Å²) in [5, 5.41) is 0. The van der Waals surface area contributed by atoms with Crippen LogP contribution in [0.4, 0.5) is 5.82 Å². The number of aromatic nitrogens is 2. The predicted molar refractivity (Wildman–Crippen MR) is 46.2 cm³/mol. The number of halogens is 1. The Hall–Kier alpha value is -1.40. The van der Waals surface area contributed by atoms with E-state index in [1.807, 2.05) is 0 Å². The van der Waals surface area contributed by atoms with Crippen molar-refractivity contribution in [3.05, 3.63) is 17.1 Å². The molecule has 0 spiro atoms. The molecule has 0 fully saturated rings. The fourth-order valence-electron chi connectivity index (χ4n) is 1.18. The Labute approximate surface area is 84.2 Å². The lowest BCUT2D eigenvalue weighted by molar-refractivity contribution is 0.0745. The number of anilines is 1. The van der Waals surface area contributed by atoms with Gasteiger partial charge in [0, 0.05) is 0 Å². The van der Waals surface area contributed by atoms with Crippen LogP contribution in [0.3, 0.4) is 0 Å². The van der Waals surface area contributed by atoms with Crippen LogP contribution in [0.15, 0.2) is 0 Å². The summed E-state index contributed by atoms with van der Waals surface area (Å²) in [5.41, 5.74) is 6.64. The molecule has 0 atom stereocenters. The molecule has 2 heterocycles. The number of rotatable bonds is 1. The van der Waals surface area contributed by atoms with Crippen LogP contribution in [0.25, 0.3) is 0 Å². The normalized spacial score (nSPS) is 13.8. The zero-order valence-electron chi connectivity index (χ0n) is 6.99. The minimum absolute atomic E-state index is 0.0000926. The van der Waals surface area contributed by atoms with E-state index in [0.717, 1.165) is 0 Å². The Kier molecular flexibility index (Phi) is 2.22. The van der Waals surface area contributed by atoms with Crippen molar-refractivity contribution in [3.63, 3.8) is 0 Å².